The molecule has 3 nitrogen and oxygen atoms in total. The van der Waals surface area contributed by atoms with Crippen LogP contribution in [0.1, 0.15) is 18.4 Å². The van der Waals surface area contributed by atoms with Crippen LogP contribution >= 0.6 is 11.6 Å². The van der Waals surface area contributed by atoms with Gasteiger partial charge in [0.25, 0.3) is 0 Å². The molecule has 1 aromatic carbocycles. The van der Waals surface area contributed by atoms with Gasteiger partial charge in [-0.3, -0.25) is 4.99 Å². The number of hydrogen-bond donors (Lipinski definition) is 1. The molecule has 0 aromatic heterocycles. The first-order valence-corrected chi connectivity index (χ1v) is 5.17. The normalized spacial score (nSPS) is 14.5. The molecular formula is C11H10ClN3. The summed E-state index contributed by atoms with van der Waals surface area (Å²) in [5.41, 5.74) is 1.38. The van der Waals surface area contributed by atoms with Crippen LogP contribution in [-0.4, -0.2) is 12.4 Å². The van der Waals surface area contributed by atoms with Crippen LogP contribution in [-0.2, 0) is 0 Å². The quantitative estimate of drug-likeness (QED) is 0.790. The molecule has 0 fully saturated rings. The van der Waals surface area contributed by atoms with E-state index in [0.717, 1.165) is 30.9 Å². The summed E-state index contributed by atoms with van der Waals surface area (Å²) in [5.74, 6) is 0.974. The van der Waals surface area contributed by atoms with E-state index in [4.69, 9.17) is 16.9 Å². The number of nitrogens with one attached hydrogen (secondary N) is 1. The summed E-state index contributed by atoms with van der Waals surface area (Å²) in [4.78, 5) is 4.30. The number of benzene rings is 1. The van der Waals surface area contributed by atoms with Gasteiger partial charge in [0.1, 0.15) is 5.84 Å². The van der Waals surface area contributed by atoms with Crippen molar-refractivity contribution in [2.45, 2.75) is 12.8 Å². The summed E-state index contributed by atoms with van der Waals surface area (Å²) in [6.07, 6.45) is 2.06. The Labute approximate surface area is 93.4 Å². The van der Waals surface area contributed by atoms with Gasteiger partial charge in [0.05, 0.1) is 22.3 Å². The van der Waals surface area contributed by atoms with Crippen LogP contribution in [0.2, 0.25) is 5.02 Å². The van der Waals surface area contributed by atoms with Crippen LogP contribution < -0.4 is 5.32 Å². The Kier molecular flexibility index (Phi) is 2.89. The van der Waals surface area contributed by atoms with Gasteiger partial charge in [-0.2, -0.15) is 5.26 Å². The number of hydrogen-bond acceptors (Lipinski definition) is 3. The topological polar surface area (TPSA) is 48.2 Å². The molecule has 1 N–H and O–H groups in total. The second-order valence-corrected chi connectivity index (χ2v) is 3.77. The first kappa shape index (κ1) is 10.0. The molecule has 1 aliphatic rings. The highest BCUT2D eigenvalue weighted by molar-refractivity contribution is 6.33. The van der Waals surface area contributed by atoms with Gasteiger partial charge >= 0.3 is 0 Å². The lowest BCUT2D eigenvalue weighted by molar-refractivity contribution is 0.951. The molecular weight excluding hydrogens is 210 g/mol. The molecule has 0 saturated carbocycles. The zero-order valence-corrected chi connectivity index (χ0v) is 8.88. The lowest BCUT2D eigenvalue weighted by atomic mass is 10.2. The van der Waals surface area contributed by atoms with Crippen molar-refractivity contribution in [3.8, 4) is 6.07 Å². The third-order valence-electron chi connectivity index (χ3n) is 2.25. The van der Waals surface area contributed by atoms with Crippen LogP contribution in [0.5, 0.6) is 0 Å². The van der Waals surface area contributed by atoms with Crippen molar-refractivity contribution in [3.05, 3.63) is 28.8 Å². The fourth-order valence-electron chi connectivity index (χ4n) is 1.48. The van der Waals surface area contributed by atoms with Crippen LogP contribution in [0.15, 0.2) is 23.2 Å². The number of rotatable bonds is 1. The van der Waals surface area contributed by atoms with E-state index in [2.05, 4.69) is 10.3 Å². The number of nitriles is 1. The van der Waals surface area contributed by atoms with Gasteiger partial charge in [-0.05, 0) is 24.6 Å². The van der Waals surface area contributed by atoms with Crippen molar-refractivity contribution < 1.29 is 0 Å². The first-order chi connectivity index (χ1) is 7.29. The van der Waals surface area contributed by atoms with Crippen molar-refractivity contribution in [1.29, 1.82) is 5.26 Å². The van der Waals surface area contributed by atoms with Crippen LogP contribution in [0.4, 0.5) is 5.69 Å². The molecule has 2 rings (SSSR count). The fourth-order valence-corrected chi connectivity index (χ4v) is 1.71. The average molecular weight is 220 g/mol. The largest absolute Gasteiger partial charge is 0.343 e. The second kappa shape index (κ2) is 4.33. The lowest BCUT2D eigenvalue weighted by Crippen LogP contribution is -2.08. The highest BCUT2D eigenvalue weighted by atomic mass is 35.5. The summed E-state index contributed by atoms with van der Waals surface area (Å²) in [5, 5.41) is 12.4. The van der Waals surface area contributed by atoms with E-state index in [1.807, 2.05) is 12.1 Å². The molecule has 0 radical (unpaired) electrons. The highest BCUT2D eigenvalue weighted by Gasteiger charge is 2.08. The molecule has 15 heavy (non-hydrogen) atoms. The summed E-state index contributed by atoms with van der Waals surface area (Å²) in [6, 6.07) is 7.25. The minimum absolute atomic E-state index is 0.559. The SMILES string of the molecule is N#Cc1ccc(NC2=NCCC2)c(Cl)c1. The molecule has 0 unspecified atom stereocenters. The minimum atomic E-state index is 0.559. The van der Waals surface area contributed by atoms with Crippen molar-refractivity contribution in [3.63, 3.8) is 0 Å². The molecule has 0 saturated heterocycles. The van der Waals surface area contributed by atoms with Crippen LogP contribution in [0, 0.1) is 11.3 Å². The lowest BCUT2D eigenvalue weighted by Gasteiger charge is -2.07. The summed E-state index contributed by atoms with van der Waals surface area (Å²) < 4.78 is 0. The Bertz CT molecular complexity index is 446. The number of amidine groups is 1. The Balaban J connectivity index is 2.19. The number of anilines is 1. The third kappa shape index (κ3) is 2.28. The highest BCUT2D eigenvalue weighted by Crippen LogP contribution is 2.23. The number of halogens is 1. The van der Waals surface area contributed by atoms with Crippen molar-refractivity contribution in [2.75, 3.05) is 11.9 Å². The van der Waals surface area contributed by atoms with Gasteiger partial charge in [0.2, 0.25) is 0 Å². The summed E-state index contributed by atoms with van der Waals surface area (Å²) >= 11 is 6.02. The molecule has 1 heterocycles. The average Bonchev–Trinajstić information content (AvgIpc) is 2.74. The van der Waals surface area contributed by atoms with E-state index < -0.39 is 0 Å². The number of nitrogens with zero attached hydrogens (tertiary/aromatic N) is 2. The monoisotopic (exact) mass is 219 g/mol. The van der Waals surface area contributed by atoms with Gasteiger partial charge < -0.3 is 5.32 Å². The van der Waals surface area contributed by atoms with E-state index in [0.29, 0.717) is 10.6 Å². The van der Waals surface area contributed by atoms with E-state index in [1.165, 1.54) is 0 Å². The van der Waals surface area contributed by atoms with Gasteiger partial charge in [-0.1, -0.05) is 11.6 Å². The van der Waals surface area contributed by atoms with E-state index >= 15 is 0 Å². The molecule has 1 aliphatic heterocycles. The maximum absolute atomic E-state index is 8.68. The molecule has 1 aromatic rings. The zero-order chi connectivity index (χ0) is 10.7. The van der Waals surface area contributed by atoms with Crippen LogP contribution in [0.3, 0.4) is 0 Å². The molecule has 0 spiro atoms. The van der Waals surface area contributed by atoms with Crippen molar-refractivity contribution >= 4 is 23.1 Å². The van der Waals surface area contributed by atoms with E-state index in [9.17, 15) is 0 Å². The molecule has 0 bridgehead atoms. The Morgan fingerprint density at radius 2 is 2.33 bits per heavy atom. The van der Waals surface area contributed by atoms with Crippen molar-refractivity contribution in [1.82, 2.24) is 0 Å². The molecule has 76 valence electrons. The predicted octanol–water partition coefficient (Wildman–Crippen LogP) is 2.82. The second-order valence-electron chi connectivity index (χ2n) is 3.36. The first-order valence-electron chi connectivity index (χ1n) is 4.79. The summed E-state index contributed by atoms with van der Waals surface area (Å²) in [7, 11) is 0. The van der Waals surface area contributed by atoms with E-state index in [1.54, 1.807) is 12.1 Å². The van der Waals surface area contributed by atoms with Crippen molar-refractivity contribution in [2.24, 2.45) is 4.99 Å². The zero-order valence-electron chi connectivity index (χ0n) is 8.13. The smallest absolute Gasteiger partial charge is 0.101 e. The molecule has 0 atom stereocenters. The Hall–Kier alpha value is -1.53. The molecule has 4 heteroatoms. The van der Waals surface area contributed by atoms with Gasteiger partial charge in [-0.15, -0.1) is 0 Å². The van der Waals surface area contributed by atoms with Gasteiger partial charge in [-0.25, -0.2) is 0 Å². The number of aliphatic imine (C=N–C) groups is 1. The third-order valence-corrected chi connectivity index (χ3v) is 2.56. The summed E-state index contributed by atoms with van der Waals surface area (Å²) in [6.45, 7) is 0.885. The Morgan fingerprint density at radius 1 is 1.47 bits per heavy atom. The fraction of sp³-hybridized carbons (Fsp3) is 0.273. The predicted molar refractivity (Wildman–Crippen MR) is 61.3 cm³/mol. The molecule has 0 amide bonds. The van der Waals surface area contributed by atoms with Gasteiger partial charge in [0.15, 0.2) is 0 Å². The Morgan fingerprint density at radius 3 is 2.93 bits per heavy atom. The standard InChI is InChI=1S/C11H10ClN3/c12-9-6-8(7-13)3-4-10(9)15-11-2-1-5-14-11/h3-4,6H,1-2,5H2,(H,14,15). The maximum atomic E-state index is 8.68. The van der Waals surface area contributed by atoms with Crippen LogP contribution in [0.25, 0.3) is 0 Å². The van der Waals surface area contributed by atoms with Gasteiger partial charge in [0, 0.05) is 13.0 Å². The maximum Gasteiger partial charge on any atom is 0.101 e. The molecule has 0 aliphatic carbocycles. The van der Waals surface area contributed by atoms with E-state index in [-0.39, 0.29) is 0 Å². The minimum Gasteiger partial charge on any atom is -0.343 e.